The van der Waals surface area contributed by atoms with Crippen molar-refractivity contribution in [3.63, 3.8) is 0 Å². The first-order valence-corrected chi connectivity index (χ1v) is 46.2. The summed E-state index contributed by atoms with van der Waals surface area (Å²) in [5.74, 6) is 0.276. The molecule has 0 saturated carbocycles. The third-order valence-corrected chi connectivity index (χ3v) is 28.1. The van der Waals surface area contributed by atoms with Crippen molar-refractivity contribution in [3.05, 3.63) is 233 Å². The minimum atomic E-state index is -5.07. The fourth-order valence-electron chi connectivity index (χ4n) is 17.7. The van der Waals surface area contributed by atoms with Gasteiger partial charge in [0.25, 0.3) is 11.8 Å². The number of imide groups is 1. The molecule has 4 heterocycles. The number of anilines is 3. The second kappa shape index (κ2) is 37.1. The van der Waals surface area contributed by atoms with E-state index in [4.69, 9.17) is 4.42 Å². The minimum Gasteiger partial charge on any atom is -1.00 e. The summed E-state index contributed by atoms with van der Waals surface area (Å²) in [7, 11) is -6.77. The maximum Gasteiger partial charge on any atom is 0.261 e. The quantitative estimate of drug-likeness (QED) is 0.0197. The molecule has 19 heteroatoms. The molecule has 1 N–H and O–H groups in total. The van der Waals surface area contributed by atoms with Gasteiger partial charge in [0.2, 0.25) is 11.0 Å². The first-order valence-electron chi connectivity index (χ1n) is 43.4. The number of halogens is 1. The van der Waals surface area contributed by atoms with Gasteiger partial charge in [-0.25, -0.2) is 21.4 Å². The summed E-state index contributed by atoms with van der Waals surface area (Å²) in [6.45, 7) is 41.2. The largest absolute Gasteiger partial charge is 1.00 e. The molecule has 644 valence electrons. The Labute approximate surface area is 729 Å². The van der Waals surface area contributed by atoms with Gasteiger partial charge in [-0.2, -0.15) is 4.58 Å². The van der Waals surface area contributed by atoms with Crippen LogP contribution in [0.3, 0.4) is 0 Å². The zero-order chi connectivity index (χ0) is 87.6. The molecule has 0 fully saturated rings. The van der Waals surface area contributed by atoms with Crippen LogP contribution in [0.25, 0.3) is 65.7 Å². The van der Waals surface area contributed by atoms with Crippen molar-refractivity contribution >= 4 is 115 Å². The molecular formula is C103H123ClN6O10S2. The fourth-order valence-corrected chi connectivity index (χ4v) is 19.8. The van der Waals surface area contributed by atoms with Crippen LogP contribution in [0.5, 0.6) is 0 Å². The Bertz CT molecular complexity index is 6140. The van der Waals surface area contributed by atoms with Gasteiger partial charge in [0, 0.05) is 158 Å². The van der Waals surface area contributed by atoms with E-state index in [1.54, 1.807) is 12.1 Å². The molecular weight excluding hydrogens is 1580 g/mol. The number of carbonyl (C=O) groups excluding carboxylic acids is 4. The number of fused-ring (bicyclic) bond motifs is 8. The monoisotopic (exact) mass is 1700 g/mol. The van der Waals surface area contributed by atoms with E-state index < -0.39 is 35.0 Å². The molecule has 0 bridgehead atoms. The van der Waals surface area contributed by atoms with E-state index in [2.05, 4.69) is 197 Å². The number of benzene rings is 9. The summed E-state index contributed by atoms with van der Waals surface area (Å²) >= 11 is 0. The SMILES string of the molecule is CCCCNc1ccc2c3c(cccc13)C(=O)N(CCC(=O)C(C)(C)C)C2=O.CCN(CC)c1ccc2c(-c3ccc(S(=O)(=O)C(C)(C)C)cc3S(=O)(=O)[O-])c3ccc(=[N+](CC)CC)cc-3oc2c1.C[N+]1=C(C=CC2=CC(=CC=C3N(CCCCCC(=O)C(C)(C)C)c4ccc5ccccc5c4C3(C)C)CCC2)C(C)(C)c2c1ccc1ccccc21.[Cl-]. The average Bonchev–Trinajstić information content (AvgIpc) is 1.39. The van der Waals surface area contributed by atoms with Crippen LogP contribution in [0, 0.1) is 10.8 Å². The van der Waals surface area contributed by atoms with Gasteiger partial charge in [-0.1, -0.05) is 166 Å². The van der Waals surface area contributed by atoms with Crippen LogP contribution < -0.4 is 37.5 Å². The first kappa shape index (κ1) is 92.6. The van der Waals surface area contributed by atoms with Crippen molar-refractivity contribution in [1.82, 2.24) is 9.48 Å². The van der Waals surface area contributed by atoms with Crippen molar-refractivity contribution in [1.29, 1.82) is 0 Å². The number of unbranched alkanes of at least 4 members (excludes halogenated alkanes) is 3. The molecule has 0 radical (unpaired) electrons. The van der Waals surface area contributed by atoms with Crippen molar-refractivity contribution in [3.8, 4) is 22.5 Å². The molecule has 14 rings (SSSR count). The number of ketones is 2. The number of carbonyl (C=O) groups is 4. The van der Waals surface area contributed by atoms with E-state index in [1.807, 2.05) is 96.1 Å². The molecule has 0 spiro atoms. The van der Waals surface area contributed by atoms with Crippen LogP contribution >= 0.6 is 0 Å². The summed E-state index contributed by atoms with van der Waals surface area (Å²) in [5, 5.41) is 11.9. The van der Waals surface area contributed by atoms with Crippen molar-refractivity contribution in [2.75, 3.05) is 68.0 Å². The molecule has 6 aliphatic rings. The Kier molecular flexibility index (Phi) is 28.2. The minimum absolute atomic E-state index is 0. The molecule has 2 amide bonds. The molecule has 2 aliphatic carbocycles. The summed E-state index contributed by atoms with van der Waals surface area (Å²) in [4.78, 5) is 56.0. The summed E-state index contributed by atoms with van der Waals surface area (Å²) in [6, 6.07) is 51.3. The Morgan fingerprint density at radius 2 is 1.23 bits per heavy atom. The van der Waals surface area contributed by atoms with Crippen LogP contribution in [0.15, 0.2) is 219 Å². The van der Waals surface area contributed by atoms with Crippen LogP contribution in [0.4, 0.5) is 22.7 Å². The molecule has 8 aromatic carbocycles. The van der Waals surface area contributed by atoms with Crippen LogP contribution in [-0.2, 0) is 40.4 Å². The molecule has 0 atom stereocenters. The van der Waals surface area contributed by atoms with Gasteiger partial charge >= 0.3 is 0 Å². The molecule has 0 unspecified atom stereocenters. The first-order chi connectivity index (χ1) is 57.2. The van der Waals surface area contributed by atoms with Gasteiger partial charge in [-0.05, 0) is 206 Å². The third-order valence-electron chi connectivity index (χ3n) is 24.8. The molecule has 4 aliphatic heterocycles. The number of hydrogen-bond acceptors (Lipinski definition) is 13. The number of hydrogen-bond donors (Lipinski definition) is 1. The molecule has 16 nitrogen and oxygen atoms in total. The Hall–Kier alpha value is -10.1. The number of nitrogens with zero attached hydrogens (tertiary/aromatic N) is 5. The van der Waals surface area contributed by atoms with Crippen molar-refractivity contribution in [2.24, 2.45) is 10.8 Å². The van der Waals surface area contributed by atoms with Crippen molar-refractivity contribution < 1.29 is 62.0 Å². The van der Waals surface area contributed by atoms with Gasteiger partial charge in [0.05, 0.1) is 26.0 Å². The zero-order valence-corrected chi connectivity index (χ0v) is 77.3. The number of sulfone groups is 1. The van der Waals surface area contributed by atoms with Crippen LogP contribution in [0.2, 0.25) is 0 Å². The standard InChI is InChI=1S/C49H57N2O.C31H38N2O6S2.C23H28N2O3.ClH/c1-47(2,3)44(52)23-10-9-15-32-51-41-29-27-37-20-12-14-22-39(37)46(41)49(6,7)43(51)31-25-35-18-16-17-34(33-35)24-30-42-48(4,5)45-38-21-13-11-19-36(38)26-28-40(45)50(42)8;1-8-32(9-2)21-12-15-24-27(18-21)39-28-19-22(33(10-3)11-4)13-16-25(28)30(24)26-17-14-23(20-29(26)41(36,37)38)40(34,35)31(5,6)7;1-5-6-13-24-18-11-10-17-20-15(18)8-7-9-16(20)21(27)25(22(17)28)14-12-19(26)23(2,3)4;/h11-14,19-22,24-31,33H,9-10,15-18,23,32H2,1-8H3;12-20H,8-11H2,1-7H3;7-11,24H,5-6,12-14H2,1-4H3;1H/q+1;;;/p-1. The second-order valence-corrected chi connectivity index (χ2v) is 40.7. The van der Waals surface area contributed by atoms with E-state index in [0.717, 1.165) is 119 Å². The summed E-state index contributed by atoms with van der Waals surface area (Å²) < 4.78 is 74.3. The van der Waals surface area contributed by atoms with Crippen LogP contribution in [-0.4, -0.2) is 118 Å². The highest BCUT2D eigenvalue weighted by molar-refractivity contribution is 7.92. The maximum absolute atomic E-state index is 13.2. The number of Topliss-reactive ketones (excluding diaryl/α,β-unsaturated/α-hetero) is 2. The predicted octanol–water partition coefficient (Wildman–Crippen LogP) is 19.4. The van der Waals surface area contributed by atoms with E-state index in [9.17, 15) is 40.6 Å². The third kappa shape index (κ3) is 18.9. The van der Waals surface area contributed by atoms with Gasteiger partial charge in [-0.15, -0.1) is 0 Å². The zero-order valence-electron chi connectivity index (χ0n) is 74.9. The fraction of sp³-hybridized carbons (Fsp3) is 0.398. The second-order valence-electron chi connectivity index (χ2n) is 36.7. The average molecular weight is 1700 g/mol. The lowest BCUT2D eigenvalue weighted by molar-refractivity contribution is -0.401. The number of rotatable bonds is 24. The highest BCUT2D eigenvalue weighted by Gasteiger charge is 2.45. The lowest BCUT2D eigenvalue weighted by atomic mass is 9.79. The van der Waals surface area contributed by atoms with Crippen molar-refractivity contribution in [2.45, 2.75) is 214 Å². The van der Waals surface area contributed by atoms with Crippen LogP contribution in [0.1, 0.15) is 221 Å². The van der Waals surface area contributed by atoms with Gasteiger partial charge in [-0.3, -0.25) is 24.1 Å². The van der Waals surface area contributed by atoms with E-state index in [1.165, 1.54) is 104 Å². The number of nitrogens with one attached hydrogen (secondary N) is 1. The lowest BCUT2D eigenvalue weighted by Crippen LogP contribution is -3.00. The summed E-state index contributed by atoms with van der Waals surface area (Å²) in [5.41, 5.74) is 14.7. The van der Waals surface area contributed by atoms with E-state index in [0.29, 0.717) is 56.6 Å². The predicted molar refractivity (Wildman–Crippen MR) is 497 cm³/mol. The molecule has 8 aromatic rings. The smallest absolute Gasteiger partial charge is 0.261 e. The van der Waals surface area contributed by atoms with Gasteiger partial charge in [0.1, 0.15) is 53.2 Å². The molecule has 0 aromatic heterocycles. The highest BCUT2D eigenvalue weighted by atomic mass is 35.5. The number of amides is 2. The molecule has 0 saturated heterocycles. The number of allylic oxidation sites excluding steroid dienone is 8. The molecule has 122 heavy (non-hydrogen) atoms. The Morgan fingerprint density at radius 1 is 0.607 bits per heavy atom. The lowest BCUT2D eigenvalue weighted by Gasteiger charge is -2.28. The normalized spacial score (nSPS) is 15.9. The topological polar surface area (TPSA) is 201 Å². The summed E-state index contributed by atoms with van der Waals surface area (Å²) in [6.07, 6.45) is 21.4. The Morgan fingerprint density at radius 3 is 1.87 bits per heavy atom. The highest BCUT2D eigenvalue weighted by Crippen LogP contribution is 2.52. The van der Waals surface area contributed by atoms with E-state index in [-0.39, 0.29) is 69.7 Å². The van der Waals surface area contributed by atoms with E-state index >= 15 is 0 Å². The Balaban J connectivity index is 0.000000186. The van der Waals surface area contributed by atoms with Gasteiger partial charge < -0.3 is 36.5 Å². The maximum atomic E-state index is 13.2. The van der Waals surface area contributed by atoms with Gasteiger partial charge in [0.15, 0.2) is 15.5 Å².